The number of rotatable bonds is 11. The molecule has 0 aromatic heterocycles. The van der Waals surface area contributed by atoms with Crippen LogP contribution in [0.15, 0.2) is 0 Å². The van der Waals surface area contributed by atoms with Crippen LogP contribution in [0.25, 0.3) is 0 Å². The Kier molecular flexibility index (Phi) is 9.97. The molecule has 2 saturated heterocycles. The van der Waals surface area contributed by atoms with Gasteiger partial charge in [0.2, 0.25) is 0 Å². The Balaban J connectivity index is 1.72. The summed E-state index contributed by atoms with van der Waals surface area (Å²) < 4.78 is 23.6. The van der Waals surface area contributed by atoms with E-state index in [2.05, 4.69) is 44.4 Å². The Morgan fingerprint density at radius 3 is 2.41 bits per heavy atom. The van der Waals surface area contributed by atoms with Crippen LogP contribution >= 0.6 is 0 Å². The summed E-state index contributed by atoms with van der Waals surface area (Å²) in [6.07, 6.45) is 2.89. The zero-order valence-electron chi connectivity index (χ0n) is 18.2. The van der Waals surface area contributed by atoms with E-state index in [0.29, 0.717) is 12.2 Å². The Morgan fingerprint density at radius 1 is 0.963 bits per heavy atom. The van der Waals surface area contributed by atoms with Gasteiger partial charge in [0.25, 0.3) is 0 Å². The molecule has 0 spiro atoms. The highest BCUT2D eigenvalue weighted by Crippen LogP contribution is 2.26. The summed E-state index contributed by atoms with van der Waals surface area (Å²) in [5, 5.41) is 0. The first-order valence-electron chi connectivity index (χ1n) is 10.8. The predicted molar refractivity (Wildman–Crippen MR) is 108 cm³/mol. The van der Waals surface area contributed by atoms with E-state index in [-0.39, 0.29) is 11.7 Å². The molecule has 27 heavy (non-hydrogen) atoms. The molecule has 2 rings (SSSR count). The summed E-state index contributed by atoms with van der Waals surface area (Å²) in [7, 11) is 0. The molecule has 0 aromatic carbocycles. The van der Waals surface area contributed by atoms with E-state index in [1.165, 1.54) is 0 Å². The minimum atomic E-state index is -0.126. The Labute approximate surface area is 166 Å². The van der Waals surface area contributed by atoms with E-state index >= 15 is 0 Å². The van der Waals surface area contributed by atoms with Crippen LogP contribution in [0, 0.1) is 0 Å². The van der Waals surface area contributed by atoms with Gasteiger partial charge in [-0.1, -0.05) is 0 Å². The van der Waals surface area contributed by atoms with Gasteiger partial charge in [-0.3, -0.25) is 9.80 Å². The van der Waals surface area contributed by atoms with Crippen LogP contribution in [0.3, 0.4) is 0 Å². The summed E-state index contributed by atoms with van der Waals surface area (Å²) >= 11 is 0. The van der Waals surface area contributed by atoms with Crippen LogP contribution in [-0.4, -0.2) is 99.4 Å². The van der Waals surface area contributed by atoms with Gasteiger partial charge in [0, 0.05) is 52.3 Å². The van der Waals surface area contributed by atoms with Crippen molar-refractivity contribution in [2.24, 2.45) is 0 Å². The maximum Gasteiger partial charge on any atom is 0.0806 e. The average Bonchev–Trinajstić information content (AvgIpc) is 2.58. The second-order valence-corrected chi connectivity index (χ2v) is 8.76. The van der Waals surface area contributed by atoms with E-state index < -0.39 is 0 Å². The van der Waals surface area contributed by atoms with Crippen LogP contribution in [-0.2, 0) is 18.9 Å². The van der Waals surface area contributed by atoms with Crippen LogP contribution < -0.4 is 0 Å². The van der Waals surface area contributed by atoms with Gasteiger partial charge in [-0.05, 0) is 41.0 Å². The standard InChI is InChI=1S/C21H42N2O4/c1-18(2)24-11-6-7-23-10-14-27-21(5,17-23)15-20-16-22(9-13-26-20)8-12-25-19(3)4/h18-20H,6-17H2,1-5H3. The van der Waals surface area contributed by atoms with Gasteiger partial charge < -0.3 is 18.9 Å². The number of hydrogen-bond acceptors (Lipinski definition) is 6. The number of hydrogen-bond donors (Lipinski definition) is 0. The third-order valence-electron chi connectivity index (χ3n) is 5.23. The van der Waals surface area contributed by atoms with Crippen LogP contribution in [0.2, 0.25) is 0 Å². The van der Waals surface area contributed by atoms with E-state index in [9.17, 15) is 0 Å². The van der Waals surface area contributed by atoms with Crippen molar-refractivity contribution in [2.75, 3.05) is 65.7 Å². The molecule has 0 saturated carbocycles. The highest BCUT2D eigenvalue weighted by Gasteiger charge is 2.36. The van der Waals surface area contributed by atoms with E-state index in [1.807, 2.05) is 0 Å². The lowest BCUT2D eigenvalue weighted by Crippen LogP contribution is -2.54. The van der Waals surface area contributed by atoms with Crippen molar-refractivity contribution in [3.8, 4) is 0 Å². The minimum absolute atomic E-state index is 0.126. The maximum absolute atomic E-state index is 6.19. The molecule has 0 N–H and O–H groups in total. The highest BCUT2D eigenvalue weighted by molar-refractivity contribution is 4.88. The molecule has 6 heteroatoms. The number of morpholine rings is 2. The van der Waals surface area contributed by atoms with Gasteiger partial charge in [-0.15, -0.1) is 0 Å². The summed E-state index contributed by atoms with van der Waals surface area (Å²) in [4.78, 5) is 4.98. The molecular formula is C21H42N2O4. The molecule has 2 heterocycles. The topological polar surface area (TPSA) is 43.4 Å². The van der Waals surface area contributed by atoms with Crippen LogP contribution in [0.5, 0.6) is 0 Å². The van der Waals surface area contributed by atoms with Crippen LogP contribution in [0.1, 0.15) is 47.5 Å². The highest BCUT2D eigenvalue weighted by atomic mass is 16.5. The molecule has 0 aliphatic carbocycles. The second kappa shape index (κ2) is 11.7. The van der Waals surface area contributed by atoms with E-state index in [4.69, 9.17) is 18.9 Å². The molecule has 0 radical (unpaired) electrons. The molecule has 2 aliphatic rings. The van der Waals surface area contributed by atoms with Crippen molar-refractivity contribution < 1.29 is 18.9 Å². The summed E-state index contributed by atoms with van der Waals surface area (Å²) in [6.45, 7) is 19.9. The lowest BCUT2D eigenvalue weighted by atomic mass is 9.95. The molecule has 2 fully saturated rings. The Morgan fingerprint density at radius 2 is 1.67 bits per heavy atom. The first-order valence-corrected chi connectivity index (χ1v) is 10.8. The van der Waals surface area contributed by atoms with Crippen molar-refractivity contribution in [3.63, 3.8) is 0 Å². The SMILES string of the molecule is CC(C)OCCCN1CCOC(C)(CC2CN(CCOC(C)C)CCO2)C1. The molecule has 0 bridgehead atoms. The molecule has 6 nitrogen and oxygen atoms in total. The van der Waals surface area contributed by atoms with Crippen molar-refractivity contribution in [1.29, 1.82) is 0 Å². The molecule has 2 atom stereocenters. The third-order valence-corrected chi connectivity index (χ3v) is 5.23. The fourth-order valence-corrected chi connectivity index (χ4v) is 3.95. The first kappa shape index (κ1) is 23.0. The lowest BCUT2D eigenvalue weighted by molar-refractivity contribution is -0.137. The predicted octanol–water partition coefficient (Wildman–Crippen LogP) is 2.41. The number of ether oxygens (including phenoxy) is 4. The minimum Gasteiger partial charge on any atom is -0.379 e. The van der Waals surface area contributed by atoms with E-state index in [1.54, 1.807) is 0 Å². The van der Waals surface area contributed by atoms with Crippen molar-refractivity contribution in [1.82, 2.24) is 9.80 Å². The summed E-state index contributed by atoms with van der Waals surface area (Å²) in [5.41, 5.74) is -0.126. The van der Waals surface area contributed by atoms with Gasteiger partial charge in [-0.2, -0.15) is 0 Å². The Hall–Kier alpha value is -0.240. The summed E-state index contributed by atoms with van der Waals surface area (Å²) in [6, 6.07) is 0. The average molecular weight is 387 g/mol. The van der Waals surface area contributed by atoms with Gasteiger partial charge in [0.15, 0.2) is 0 Å². The normalized spacial score (nSPS) is 28.3. The molecule has 0 amide bonds. The quantitative estimate of drug-likeness (QED) is 0.508. The first-order chi connectivity index (χ1) is 12.9. The Bertz CT molecular complexity index is 408. The van der Waals surface area contributed by atoms with Crippen molar-refractivity contribution >= 4 is 0 Å². The van der Waals surface area contributed by atoms with Crippen LogP contribution in [0.4, 0.5) is 0 Å². The second-order valence-electron chi connectivity index (χ2n) is 8.76. The van der Waals surface area contributed by atoms with Gasteiger partial charge in [0.05, 0.1) is 43.7 Å². The van der Waals surface area contributed by atoms with Crippen molar-refractivity contribution in [2.45, 2.75) is 71.4 Å². The largest absolute Gasteiger partial charge is 0.379 e. The zero-order chi connectivity index (χ0) is 19.7. The fourth-order valence-electron chi connectivity index (χ4n) is 3.95. The monoisotopic (exact) mass is 386 g/mol. The van der Waals surface area contributed by atoms with Gasteiger partial charge in [-0.25, -0.2) is 0 Å². The number of nitrogens with zero attached hydrogens (tertiary/aromatic N) is 2. The smallest absolute Gasteiger partial charge is 0.0806 e. The molecule has 2 unspecified atom stereocenters. The van der Waals surface area contributed by atoms with Crippen molar-refractivity contribution in [3.05, 3.63) is 0 Å². The van der Waals surface area contributed by atoms with Gasteiger partial charge in [0.1, 0.15) is 0 Å². The molecular weight excluding hydrogens is 344 g/mol. The van der Waals surface area contributed by atoms with Gasteiger partial charge >= 0.3 is 0 Å². The molecule has 2 aliphatic heterocycles. The fraction of sp³-hybridized carbons (Fsp3) is 1.00. The molecule has 160 valence electrons. The summed E-state index contributed by atoms with van der Waals surface area (Å²) in [5.74, 6) is 0. The zero-order valence-corrected chi connectivity index (χ0v) is 18.2. The maximum atomic E-state index is 6.19. The van der Waals surface area contributed by atoms with E-state index in [0.717, 1.165) is 78.5 Å². The third kappa shape index (κ3) is 9.20. The molecule has 0 aromatic rings. The lowest BCUT2D eigenvalue weighted by Gasteiger charge is -2.44.